The standard InChI is InChI=1S/C18H22Cl2N6O/c19-13-10-15(20)17(22-11-13)26-5-1-2-14(12-26)23-16-3-4-21-18(24-16)25-6-8-27-9-7-25/h3-4,10-11,14H,1-2,5-9,12H2,(H,21,23,24). The van der Waals surface area contributed by atoms with Crippen LogP contribution in [-0.2, 0) is 4.74 Å². The molecule has 2 aliphatic rings. The molecule has 1 N–H and O–H groups in total. The van der Waals surface area contributed by atoms with Crippen molar-refractivity contribution >= 4 is 40.8 Å². The lowest BCUT2D eigenvalue weighted by molar-refractivity contribution is 0.122. The summed E-state index contributed by atoms with van der Waals surface area (Å²) >= 11 is 12.3. The van der Waals surface area contributed by atoms with Crippen LogP contribution in [0.15, 0.2) is 24.5 Å². The van der Waals surface area contributed by atoms with Crippen LogP contribution < -0.4 is 15.1 Å². The second kappa shape index (κ2) is 8.46. The molecule has 1 unspecified atom stereocenters. The van der Waals surface area contributed by atoms with E-state index >= 15 is 0 Å². The largest absolute Gasteiger partial charge is 0.378 e. The zero-order valence-electron chi connectivity index (χ0n) is 14.9. The van der Waals surface area contributed by atoms with Crippen molar-refractivity contribution in [3.05, 3.63) is 34.6 Å². The average Bonchev–Trinajstić information content (AvgIpc) is 2.69. The summed E-state index contributed by atoms with van der Waals surface area (Å²) in [6.45, 7) is 4.81. The molecular weight excluding hydrogens is 387 g/mol. The molecule has 27 heavy (non-hydrogen) atoms. The van der Waals surface area contributed by atoms with Gasteiger partial charge in [-0.05, 0) is 25.0 Å². The molecule has 0 saturated carbocycles. The molecule has 0 bridgehead atoms. The minimum atomic E-state index is 0.264. The quantitative estimate of drug-likeness (QED) is 0.833. The lowest BCUT2D eigenvalue weighted by Gasteiger charge is -2.34. The van der Waals surface area contributed by atoms with Gasteiger partial charge in [-0.1, -0.05) is 23.2 Å². The summed E-state index contributed by atoms with van der Waals surface area (Å²) in [5, 5.41) is 4.67. The maximum atomic E-state index is 6.33. The lowest BCUT2D eigenvalue weighted by Crippen LogP contribution is -2.43. The molecule has 0 spiro atoms. The minimum absolute atomic E-state index is 0.264. The van der Waals surface area contributed by atoms with Gasteiger partial charge >= 0.3 is 0 Å². The molecule has 1 atom stereocenters. The van der Waals surface area contributed by atoms with Gasteiger partial charge in [-0.25, -0.2) is 9.97 Å². The summed E-state index contributed by atoms with van der Waals surface area (Å²) in [6.07, 6.45) is 5.56. The van der Waals surface area contributed by atoms with Crippen LogP contribution in [0.25, 0.3) is 0 Å². The summed E-state index contributed by atoms with van der Waals surface area (Å²) < 4.78 is 5.40. The molecule has 4 heterocycles. The number of morpholine rings is 1. The van der Waals surface area contributed by atoms with Crippen LogP contribution in [-0.4, -0.2) is 60.4 Å². The number of anilines is 3. The fourth-order valence-corrected chi connectivity index (χ4v) is 3.98. The molecule has 4 rings (SSSR count). The van der Waals surface area contributed by atoms with Gasteiger partial charge < -0.3 is 19.9 Å². The number of hydrogen-bond acceptors (Lipinski definition) is 7. The predicted octanol–water partition coefficient (Wildman–Crippen LogP) is 3.10. The monoisotopic (exact) mass is 408 g/mol. The Morgan fingerprint density at radius 3 is 2.78 bits per heavy atom. The second-order valence-electron chi connectivity index (χ2n) is 6.73. The van der Waals surface area contributed by atoms with Crippen molar-refractivity contribution in [1.29, 1.82) is 0 Å². The van der Waals surface area contributed by atoms with Crippen molar-refractivity contribution < 1.29 is 4.74 Å². The fourth-order valence-electron chi connectivity index (χ4n) is 3.48. The Hall–Kier alpha value is -1.83. The summed E-state index contributed by atoms with van der Waals surface area (Å²) in [4.78, 5) is 17.9. The first kappa shape index (κ1) is 18.5. The van der Waals surface area contributed by atoms with Gasteiger partial charge in [0.1, 0.15) is 11.6 Å². The zero-order valence-corrected chi connectivity index (χ0v) is 16.5. The van der Waals surface area contributed by atoms with E-state index in [-0.39, 0.29) is 6.04 Å². The third kappa shape index (κ3) is 4.54. The molecule has 0 aromatic carbocycles. The van der Waals surface area contributed by atoms with Crippen LogP contribution in [0, 0.1) is 0 Å². The second-order valence-corrected chi connectivity index (χ2v) is 7.57. The highest BCUT2D eigenvalue weighted by Crippen LogP contribution is 2.28. The topological polar surface area (TPSA) is 66.4 Å². The number of nitrogens with zero attached hydrogens (tertiary/aromatic N) is 5. The molecule has 0 radical (unpaired) electrons. The molecule has 9 heteroatoms. The Kier molecular flexibility index (Phi) is 5.80. The number of piperidine rings is 1. The first-order chi connectivity index (χ1) is 13.2. The number of nitrogens with one attached hydrogen (secondary N) is 1. The van der Waals surface area contributed by atoms with Gasteiger partial charge in [0.2, 0.25) is 5.95 Å². The van der Waals surface area contributed by atoms with E-state index in [4.69, 9.17) is 27.9 Å². The Labute approximate surface area is 168 Å². The van der Waals surface area contributed by atoms with Crippen LogP contribution in [0.5, 0.6) is 0 Å². The third-order valence-electron chi connectivity index (χ3n) is 4.80. The highest BCUT2D eigenvalue weighted by Gasteiger charge is 2.23. The summed E-state index contributed by atoms with van der Waals surface area (Å²) in [5.74, 6) is 2.37. The molecule has 144 valence electrons. The summed E-state index contributed by atoms with van der Waals surface area (Å²) in [6, 6.07) is 3.91. The van der Waals surface area contributed by atoms with E-state index in [1.165, 1.54) is 0 Å². The molecule has 0 aliphatic carbocycles. The van der Waals surface area contributed by atoms with Crippen molar-refractivity contribution in [1.82, 2.24) is 15.0 Å². The van der Waals surface area contributed by atoms with Crippen molar-refractivity contribution in [2.24, 2.45) is 0 Å². The molecule has 2 aliphatic heterocycles. The van der Waals surface area contributed by atoms with E-state index in [0.29, 0.717) is 23.3 Å². The molecule has 2 fully saturated rings. The van der Waals surface area contributed by atoms with E-state index in [9.17, 15) is 0 Å². The molecule has 2 aromatic rings. The highest BCUT2D eigenvalue weighted by molar-refractivity contribution is 6.36. The Balaban J connectivity index is 1.43. The number of rotatable bonds is 4. The van der Waals surface area contributed by atoms with Crippen LogP contribution in [0.1, 0.15) is 12.8 Å². The molecule has 0 amide bonds. The zero-order chi connectivity index (χ0) is 18.6. The molecule has 7 nitrogen and oxygen atoms in total. The number of hydrogen-bond donors (Lipinski definition) is 1. The van der Waals surface area contributed by atoms with E-state index in [0.717, 1.165) is 56.6 Å². The normalized spacial score (nSPS) is 20.6. The first-order valence-electron chi connectivity index (χ1n) is 9.17. The number of aromatic nitrogens is 3. The number of halogens is 2. The maximum absolute atomic E-state index is 6.33. The van der Waals surface area contributed by atoms with E-state index < -0.39 is 0 Å². The van der Waals surface area contributed by atoms with Crippen molar-refractivity contribution in [3.63, 3.8) is 0 Å². The van der Waals surface area contributed by atoms with Crippen LogP contribution in [0.2, 0.25) is 10.0 Å². The summed E-state index contributed by atoms with van der Waals surface area (Å²) in [7, 11) is 0. The SMILES string of the molecule is Clc1cnc(N2CCCC(Nc3ccnc(N4CCOCC4)n3)C2)c(Cl)c1. The molecule has 2 saturated heterocycles. The minimum Gasteiger partial charge on any atom is -0.378 e. The van der Waals surface area contributed by atoms with Gasteiger partial charge in [0, 0.05) is 44.6 Å². The third-order valence-corrected chi connectivity index (χ3v) is 5.28. The van der Waals surface area contributed by atoms with Crippen LogP contribution >= 0.6 is 23.2 Å². The van der Waals surface area contributed by atoms with Crippen molar-refractivity contribution in [2.75, 3.05) is 54.5 Å². The Morgan fingerprint density at radius 1 is 1.11 bits per heavy atom. The van der Waals surface area contributed by atoms with Gasteiger partial charge in [0.25, 0.3) is 0 Å². The first-order valence-corrected chi connectivity index (χ1v) is 9.93. The van der Waals surface area contributed by atoms with E-state index in [1.807, 2.05) is 6.07 Å². The number of pyridine rings is 1. The van der Waals surface area contributed by atoms with Crippen LogP contribution in [0.4, 0.5) is 17.6 Å². The van der Waals surface area contributed by atoms with Gasteiger partial charge in [0.05, 0.1) is 23.3 Å². The smallest absolute Gasteiger partial charge is 0.227 e. The van der Waals surface area contributed by atoms with E-state index in [1.54, 1.807) is 18.5 Å². The van der Waals surface area contributed by atoms with Gasteiger partial charge in [-0.3, -0.25) is 0 Å². The van der Waals surface area contributed by atoms with Crippen LogP contribution in [0.3, 0.4) is 0 Å². The summed E-state index contributed by atoms with van der Waals surface area (Å²) in [5.41, 5.74) is 0. The predicted molar refractivity (Wildman–Crippen MR) is 108 cm³/mol. The number of ether oxygens (including phenoxy) is 1. The van der Waals surface area contributed by atoms with Crippen molar-refractivity contribution in [3.8, 4) is 0 Å². The van der Waals surface area contributed by atoms with Gasteiger partial charge in [-0.2, -0.15) is 4.98 Å². The Bertz CT molecular complexity index is 786. The average molecular weight is 409 g/mol. The highest BCUT2D eigenvalue weighted by atomic mass is 35.5. The van der Waals surface area contributed by atoms with Gasteiger partial charge in [-0.15, -0.1) is 0 Å². The molecule has 2 aromatic heterocycles. The van der Waals surface area contributed by atoms with E-state index in [2.05, 4.69) is 30.1 Å². The lowest BCUT2D eigenvalue weighted by atomic mass is 10.1. The van der Waals surface area contributed by atoms with Gasteiger partial charge in [0.15, 0.2) is 0 Å². The Morgan fingerprint density at radius 2 is 1.96 bits per heavy atom. The fraction of sp³-hybridized carbons (Fsp3) is 0.500. The molecular formula is C18H22Cl2N6O. The van der Waals surface area contributed by atoms with Crippen molar-refractivity contribution in [2.45, 2.75) is 18.9 Å². The maximum Gasteiger partial charge on any atom is 0.227 e.